The molecule has 0 saturated heterocycles. The maximum absolute atomic E-state index is 14.3. The number of para-hydroxylation sites is 2. The molecule has 3 aromatic carbocycles. The van der Waals surface area contributed by atoms with E-state index in [0.29, 0.717) is 43.7 Å². The van der Waals surface area contributed by atoms with Crippen LogP contribution in [0, 0.1) is 0 Å². The van der Waals surface area contributed by atoms with Crippen LogP contribution in [0.5, 0.6) is 11.5 Å². The van der Waals surface area contributed by atoms with Gasteiger partial charge in [-0.25, -0.2) is 0 Å². The fourth-order valence-electron chi connectivity index (χ4n) is 5.78. The van der Waals surface area contributed by atoms with E-state index in [4.69, 9.17) is 37.1 Å². The molecule has 2 amide bonds. The molecular formula is C32H28Cl2N2O7. The molecule has 2 heterocycles. The van der Waals surface area contributed by atoms with E-state index in [9.17, 15) is 19.8 Å². The Kier molecular flexibility index (Phi) is 8.07. The molecule has 222 valence electrons. The van der Waals surface area contributed by atoms with E-state index in [2.05, 4.69) is 5.32 Å². The third-order valence-electron chi connectivity index (χ3n) is 7.79. The van der Waals surface area contributed by atoms with Crippen LogP contribution in [0.2, 0.25) is 10.0 Å². The Morgan fingerprint density at radius 2 is 1.88 bits per heavy atom. The zero-order valence-corrected chi connectivity index (χ0v) is 24.5. The quantitative estimate of drug-likeness (QED) is 0.260. The van der Waals surface area contributed by atoms with Gasteiger partial charge in [0.15, 0.2) is 17.1 Å². The summed E-state index contributed by atoms with van der Waals surface area (Å²) in [5.41, 5.74) is 2.03. The number of nitrogens with one attached hydrogen (secondary N) is 1. The lowest BCUT2D eigenvalue weighted by Gasteiger charge is -2.40. The third kappa shape index (κ3) is 5.34. The molecular weight excluding hydrogens is 595 g/mol. The van der Waals surface area contributed by atoms with Crippen LogP contribution >= 0.6 is 23.2 Å². The summed E-state index contributed by atoms with van der Waals surface area (Å²) in [7, 11) is 1.51. The highest BCUT2D eigenvalue weighted by Gasteiger charge is 2.50. The number of furan rings is 1. The number of methoxy groups -OCH3 is 1. The molecule has 43 heavy (non-hydrogen) atoms. The number of amides is 2. The predicted molar refractivity (Wildman–Crippen MR) is 161 cm³/mol. The number of carbonyl (C=O) groups is 2. The summed E-state index contributed by atoms with van der Waals surface area (Å²) in [6.45, 7) is -0.258. The number of fused-ring (bicyclic) bond motifs is 4. The van der Waals surface area contributed by atoms with Crippen LogP contribution < -0.4 is 14.8 Å². The summed E-state index contributed by atoms with van der Waals surface area (Å²) in [5, 5.41) is 25.3. The molecule has 1 aliphatic carbocycles. The summed E-state index contributed by atoms with van der Waals surface area (Å²) < 4.78 is 17.6. The second-order valence-electron chi connectivity index (χ2n) is 10.3. The molecule has 0 bridgehead atoms. The Balaban J connectivity index is 1.47. The zero-order valence-electron chi connectivity index (χ0n) is 23.0. The van der Waals surface area contributed by atoms with E-state index in [0.717, 1.165) is 5.56 Å². The van der Waals surface area contributed by atoms with Crippen LogP contribution in [0.25, 0.3) is 11.0 Å². The highest BCUT2D eigenvalue weighted by molar-refractivity contribution is 6.35. The molecule has 0 saturated carbocycles. The summed E-state index contributed by atoms with van der Waals surface area (Å²) >= 11 is 12.7. The van der Waals surface area contributed by atoms with Gasteiger partial charge in [-0.3, -0.25) is 9.59 Å². The first-order valence-corrected chi connectivity index (χ1v) is 14.4. The van der Waals surface area contributed by atoms with E-state index in [1.807, 2.05) is 18.2 Å². The van der Waals surface area contributed by atoms with Gasteiger partial charge in [-0.15, -0.1) is 0 Å². The number of hydrogen-bond donors (Lipinski definition) is 3. The van der Waals surface area contributed by atoms with Crippen molar-refractivity contribution in [3.8, 4) is 11.5 Å². The minimum absolute atomic E-state index is 0.00854. The van der Waals surface area contributed by atoms with Crippen LogP contribution in [-0.4, -0.2) is 65.4 Å². The lowest BCUT2D eigenvalue weighted by Crippen LogP contribution is -2.55. The molecule has 0 radical (unpaired) electrons. The number of halogens is 2. The topological polar surface area (TPSA) is 121 Å². The van der Waals surface area contributed by atoms with Crippen molar-refractivity contribution in [3.63, 3.8) is 0 Å². The van der Waals surface area contributed by atoms with Gasteiger partial charge in [0.25, 0.3) is 5.91 Å². The number of ether oxygens (including phenoxy) is 2. The van der Waals surface area contributed by atoms with Crippen molar-refractivity contribution in [1.29, 1.82) is 0 Å². The van der Waals surface area contributed by atoms with Crippen molar-refractivity contribution in [1.82, 2.24) is 10.2 Å². The molecule has 1 aliphatic heterocycles. The van der Waals surface area contributed by atoms with Crippen LogP contribution in [0.3, 0.4) is 0 Å². The van der Waals surface area contributed by atoms with Gasteiger partial charge >= 0.3 is 0 Å². The van der Waals surface area contributed by atoms with Crippen LogP contribution in [0.1, 0.15) is 27.6 Å². The van der Waals surface area contributed by atoms with Crippen molar-refractivity contribution < 1.29 is 33.7 Å². The maximum Gasteiger partial charge on any atom is 0.290 e. The number of nitrogens with zero attached hydrogens (tertiary/aromatic N) is 1. The van der Waals surface area contributed by atoms with Crippen molar-refractivity contribution in [2.45, 2.75) is 30.7 Å². The molecule has 0 spiro atoms. The fourth-order valence-corrected chi connectivity index (χ4v) is 6.25. The van der Waals surface area contributed by atoms with E-state index < -0.39 is 36.0 Å². The molecule has 0 fully saturated rings. The van der Waals surface area contributed by atoms with Crippen molar-refractivity contribution in [2.75, 3.05) is 20.3 Å². The largest absolute Gasteiger partial charge is 0.493 e. The van der Waals surface area contributed by atoms with Crippen molar-refractivity contribution in [3.05, 3.63) is 105 Å². The van der Waals surface area contributed by atoms with Crippen LogP contribution in [0.15, 0.2) is 82.8 Å². The Bertz CT molecular complexity index is 1740. The number of rotatable bonds is 8. The molecule has 4 aromatic rings. The molecule has 4 atom stereocenters. The normalized spacial score (nSPS) is 20.5. The fraction of sp³-hybridized carbons (Fsp3) is 0.250. The first kappa shape index (κ1) is 29.1. The Labute approximate surface area is 257 Å². The van der Waals surface area contributed by atoms with Gasteiger partial charge in [-0.1, -0.05) is 59.6 Å². The van der Waals surface area contributed by atoms with Gasteiger partial charge in [0.2, 0.25) is 5.91 Å². The summed E-state index contributed by atoms with van der Waals surface area (Å²) in [4.78, 5) is 29.2. The molecule has 6 rings (SSSR count). The van der Waals surface area contributed by atoms with Crippen LogP contribution in [0.4, 0.5) is 0 Å². The van der Waals surface area contributed by atoms with Gasteiger partial charge in [0.1, 0.15) is 18.0 Å². The monoisotopic (exact) mass is 622 g/mol. The lowest BCUT2D eigenvalue weighted by molar-refractivity contribution is -0.118. The zero-order chi connectivity index (χ0) is 30.2. The van der Waals surface area contributed by atoms with Crippen molar-refractivity contribution >= 4 is 46.0 Å². The highest BCUT2D eigenvalue weighted by atomic mass is 35.5. The first-order chi connectivity index (χ1) is 20.8. The SMILES string of the molecule is COc1cccc2cc(C(=O)N(Cc3ccc(Cl)cc3Cl)C3C=C(C(=O)NCCO)C4c5ccccc5OC4C3O)oc12. The van der Waals surface area contributed by atoms with Gasteiger partial charge in [0, 0.05) is 39.7 Å². The predicted octanol–water partition coefficient (Wildman–Crippen LogP) is 4.71. The molecule has 1 aromatic heterocycles. The third-order valence-corrected chi connectivity index (χ3v) is 8.38. The molecule has 2 aliphatic rings. The van der Waals surface area contributed by atoms with Gasteiger partial charge in [-0.2, -0.15) is 0 Å². The highest BCUT2D eigenvalue weighted by Crippen LogP contribution is 2.47. The van der Waals surface area contributed by atoms with Crippen LogP contribution in [-0.2, 0) is 11.3 Å². The standard InChI is InChI=1S/C32H28Cl2N2O7/c1-41-25-8-4-5-17-13-26(43-29(17)25)32(40)36(16-18-9-10-19(33)14-22(18)34)23-15-21(31(39)35-11-12-37)27-20-6-2-3-7-24(20)42-30(27)28(23)38/h2-10,13-15,23,27-28,30,37-38H,11-12,16H2,1H3,(H,35,39). The summed E-state index contributed by atoms with van der Waals surface area (Å²) in [6.07, 6.45) is -0.510. The number of aliphatic hydroxyl groups is 2. The summed E-state index contributed by atoms with van der Waals surface area (Å²) in [5.74, 6) is -0.563. The Hall–Kier alpha value is -4.02. The van der Waals surface area contributed by atoms with Gasteiger partial charge in [0.05, 0.1) is 25.7 Å². The maximum atomic E-state index is 14.3. The number of aliphatic hydroxyl groups excluding tert-OH is 2. The number of benzene rings is 3. The second kappa shape index (κ2) is 11.9. The average molecular weight is 623 g/mol. The average Bonchev–Trinajstić information content (AvgIpc) is 3.62. The lowest BCUT2D eigenvalue weighted by atomic mass is 9.77. The molecule has 9 nitrogen and oxygen atoms in total. The van der Waals surface area contributed by atoms with E-state index in [-0.39, 0.29) is 25.5 Å². The minimum Gasteiger partial charge on any atom is -0.493 e. The van der Waals surface area contributed by atoms with Crippen molar-refractivity contribution in [2.24, 2.45) is 0 Å². The van der Waals surface area contributed by atoms with E-state index >= 15 is 0 Å². The van der Waals surface area contributed by atoms with E-state index in [1.54, 1.807) is 54.6 Å². The smallest absolute Gasteiger partial charge is 0.290 e. The van der Waals surface area contributed by atoms with Gasteiger partial charge < -0.3 is 34.3 Å². The van der Waals surface area contributed by atoms with E-state index in [1.165, 1.54) is 12.0 Å². The molecule has 11 heteroatoms. The van der Waals surface area contributed by atoms with Gasteiger partial charge in [-0.05, 0) is 42.0 Å². The number of carbonyl (C=O) groups excluding carboxylic acids is 2. The number of hydrogen-bond acceptors (Lipinski definition) is 7. The first-order valence-electron chi connectivity index (χ1n) is 13.7. The molecule has 3 N–H and O–H groups in total. The summed E-state index contributed by atoms with van der Waals surface area (Å²) in [6, 6.07) is 18.1. The minimum atomic E-state index is -1.24. The Morgan fingerprint density at radius 3 is 2.65 bits per heavy atom. The Morgan fingerprint density at radius 1 is 1.07 bits per heavy atom. The molecule has 4 unspecified atom stereocenters. The second-order valence-corrected chi connectivity index (χ2v) is 11.2.